The van der Waals surface area contributed by atoms with Gasteiger partial charge in [0.15, 0.2) is 0 Å². The van der Waals surface area contributed by atoms with Gasteiger partial charge in [0.1, 0.15) is 0 Å². The Morgan fingerprint density at radius 3 is 2.67 bits per heavy atom. The molecule has 64 valence electrons. The van der Waals surface area contributed by atoms with Crippen LogP contribution < -0.4 is 0 Å². The molecule has 0 bridgehead atoms. The van der Waals surface area contributed by atoms with Crippen molar-refractivity contribution in [2.45, 2.75) is 13.3 Å². The molecule has 12 heavy (non-hydrogen) atoms. The Bertz CT molecular complexity index is 307. The maximum Gasteiger partial charge on any atom is 0.226 e. The highest BCUT2D eigenvalue weighted by molar-refractivity contribution is 6.63. The summed E-state index contributed by atoms with van der Waals surface area (Å²) in [5.41, 5.74) is 1.85. The van der Waals surface area contributed by atoms with Gasteiger partial charge in [0.2, 0.25) is 5.24 Å². The number of carbonyl (C=O) groups excluding carboxylic acids is 1. The predicted molar refractivity (Wildman–Crippen MR) is 50.8 cm³/mol. The van der Waals surface area contributed by atoms with Crippen LogP contribution in [0.5, 0.6) is 0 Å². The van der Waals surface area contributed by atoms with E-state index in [1.54, 1.807) is 0 Å². The maximum absolute atomic E-state index is 10.6. The first-order valence-electron chi connectivity index (χ1n) is 3.53. The third-order valence-electron chi connectivity index (χ3n) is 1.54. The zero-order valence-corrected chi connectivity index (χ0v) is 8.12. The van der Waals surface area contributed by atoms with Crippen LogP contribution >= 0.6 is 23.2 Å². The van der Waals surface area contributed by atoms with Crippen molar-refractivity contribution in [1.29, 1.82) is 0 Å². The Labute approximate surface area is 81.3 Å². The molecule has 0 saturated heterocycles. The van der Waals surface area contributed by atoms with E-state index in [1.165, 1.54) is 0 Å². The van der Waals surface area contributed by atoms with E-state index in [9.17, 15) is 4.79 Å². The average Bonchev–Trinajstić information content (AvgIpc) is 1.94. The van der Waals surface area contributed by atoms with Crippen molar-refractivity contribution in [3.05, 3.63) is 34.3 Å². The molecule has 1 aromatic carbocycles. The molecule has 0 unspecified atom stereocenters. The van der Waals surface area contributed by atoms with Crippen molar-refractivity contribution < 1.29 is 4.79 Å². The molecule has 3 heteroatoms. The van der Waals surface area contributed by atoms with Crippen LogP contribution in [0, 0.1) is 6.92 Å². The first-order chi connectivity index (χ1) is 5.59. The monoisotopic (exact) mass is 202 g/mol. The van der Waals surface area contributed by atoms with Gasteiger partial charge in [-0.05, 0) is 35.7 Å². The van der Waals surface area contributed by atoms with Crippen LogP contribution in [0.2, 0.25) is 5.02 Å². The zero-order chi connectivity index (χ0) is 9.14. The van der Waals surface area contributed by atoms with E-state index < -0.39 is 0 Å². The van der Waals surface area contributed by atoms with Crippen LogP contribution in [0.4, 0.5) is 0 Å². The van der Waals surface area contributed by atoms with Gasteiger partial charge >= 0.3 is 0 Å². The molecule has 0 fully saturated rings. The van der Waals surface area contributed by atoms with E-state index in [1.807, 2.05) is 25.1 Å². The summed E-state index contributed by atoms with van der Waals surface area (Å²) in [5, 5.41) is 0.213. The minimum Gasteiger partial charge on any atom is -0.281 e. The first-order valence-corrected chi connectivity index (χ1v) is 4.28. The Hall–Kier alpha value is -0.530. The Balaban J connectivity index is 2.93. The van der Waals surface area contributed by atoms with E-state index in [-0.39, 0.29) is 11.7 Å². The molecule has 0 N–H and O–H groups in total. The Morgan fingerprint density at radius 1 is 1.50 bits per heavy atom. The molecule has 0 atom stereocenters. The average molecular weight is 203 g/mol. The van der Waals surface area contributed by atoms with Gasteiger partial charge in [0, 0.05) is 11.4 Å². The summed E-state index contributed by atoms with van der Waals surface area (Å²) in [7, 11) is 0. The highest BCUT2D eigenvalue weighted by atomic mass is 35.5. The lowest BCUT2D eigenvalue weighted by Crippen LogP contribution is -1.94. The second-order valence-electron chi connectivity index (χ2n) is 2.63. The van der Waals surface area contributed by atoms with Gasteiger partial charge in [0.05, 0.1) is 0 Å². The number of carbonyl (C=O) groups is 1. The van der Waals surface area contributed by atoms with Crippen molar-refractivity contribution in [1.82, 2.24) is 0 Å². The molecule has 1 nitrogen and oxygen atoms in total. The van der Waals surface area contributed by atoms with E-state index >= 15 is 0 Å². The summed E-state index contributed by atoms with van der Waals surface area (Å²) in [6.45, 7) is 1.94. The van der Waals surface area contributed by atoms with Gasteiger partial charge in [0.25, 0.3) is 0 Å². The molecule has 0 amide bonds. The minimum absolute atomic E-state index is 0.195. The second kappa shape index (κ2) is 3.92. The van der Waals surface area contributed by atoms with Crippen molar-refractivity contribution in [3.8, 4) is 0 Å². The van der Waals surface area contributed by atoms with Gasteiger partial charge in [-0.3, -0.25) is 4.79 Å². The van der Waals surface area contributed by atoms with E-state index in [2.05, 4.69) is 0 Å². The molecular weight excluding hydrogens is 195 g/mol. The van der Waals surface area contributed by atoms with Crippen LogP contribution in [0.15, 0.2) is 18.2 Å². The molecule has 0 aliphatic heterocycles. The minimum atomic E-state index is -0.388. The lowest BCUT2D eigenvalue weighted by atomic mass is 10.1. The molecular formula is C9H8Cl2O. The molecule has 0 aliphatic rings. The summed E-state index contributed by atoms with van der Waals surface area (Å²) in [6.07, 6.45) is 0.195. The van der Waals surface area contributed by atoms with Crippen molar-refractivity contribution >= 4 is 28.4 Å². The number of halogens is 2. The molecule has 0 aromatic heterocycles. The summed E-state index contributed by atoms with van der Waals surface area (Å²) in [6, 6.07) is 5.54. The number of hydrogen-bond donors (Lipinski definition) is 0. The Morgan fingerprint density at radius 2 is 2.17 bits per heavy atom. The fourth-order valence-electron chi connectivity index (χ4n) is 0.945. The SMILES string of the molecule is Cc1ccc(CC(=O)Cl)c(Cl)c1. The maximum atomic E-state index is 10.6. The fourth-order valence-corrected chi connectivity index (χ4v) is 1.39. The van der Waals surface area contributed by atoms with Gasteiger partial charge < -0.3 is 0 Å². The van der Waals surface area contributed by atoms with Crippen LogP contribution in [0.3, 0.4) is 0 Å². The third kappa shape index (κ3) is 2.50. The van der Waals surface area contributed by atoms with E-state index in [0.29, 0.717) is 5.02 Å². The van der Waals surface area contributed by atoms with E-state index in [4.69, 9.17) is 23.2 Å². The molecule has 0 heterocycles. The van der Waals surface area contributed by atoms with Crippen LogP contribution in [0.1, 0.15) is 11.1 Å². The normalized spacial score (nSPS) is 9.92. The molecule has 0 radical (unpaired) electrons. The lowest BCUT2D eigenvalue weighted by Gasteiger charge is -2.01. The van der Waals surface area contributed by atoms with Crippen LogP contribution in [-0.4, -0.2) is 5.24 Å². The van der Waals surface area contributed by atoms with Crippen molar-refractivity contribution in [2.75, 3.05) is 0 Å². The molecule has 1 aromatic rings. The quantitative estimate of drug-likeness (QED) is 0.675. The second-order valence-corrected chi connectivity index (χ2v) is 3.46. The van der Waals surface area contributed by atoms with Crippen LogP contribution in [0.25, 0.3) is 0 Å². The van der Waals surface area contributed by atoms with Crippen molar-refractivity contribution in [2.24, 2.45) is 0 Å². The smallest absolute Gasteiger partial charge is 0.226 e. The number of hydrogen-bond acceptors (Lipinski definition) is 1. The van der Waals surface area contributed by atoms with Gasteiger partial charge in [-0.15, -0.1) is 0 Å². The molecule has 0 spiro atoms. The summed E-state index contributed by atoms with van der Waals surface area (Å²) >= 11 is 11.1. The third-order valence-corrected chi connectivity index (χ3v) is 2.02. The van der Waals surface area contributed by atoms with Crippen molar-refractivity contribution in [3.63, 3.8) is 0 Å². The standard InChI is InChI=1S/C9H8Cl2O/c1-6-2-3-7(5-9(11)12)8(10)4-6/h2-4H,5H2,1H3. The number of rotatable bonds is 2. The first kappa shape index (κ1) is 9.56. The molecule has 0 saturated carbocycles. The highest BCUT2D eigenvalue weighted by Crippen LogP contribution is 2.18. The topological polar surface area (TPSA) is 17.1 Å². The lowest BCUT2D eigenvalue weighted by molar-refractivity contribution is -0.111. The van der Waals surface area contributed by atoms with Gasteiger partial charge in [-0.25, -0.2) is 0 Å². The molecule has 0 aliphatic carbocycles. The zero-order valence-electron chi connectivity index (χ0n) is 6.60. The summed E-state index contributed by atoms with van der Waals surface area (Å²) < 4.78 is 0. The summed E-state index contributed by atoms with van der Waals surface area (Å²) in [5.74, 6) is 0. The van der Waals surface area contributed by atoms with Gasteiger partial charge in [-0.2, -0.15) is 0 Å². The number of benzene rings is 1. The number of aryl methyl sites for hydroxylation is 1. The highest BCUT2D eigenvalue weighted by Gasteiger charge is 2.03. The van der Waals surface area contributed by atoms with Crippen LogP contribution in [-0.2, 0) is 11.2 Å². The summed E-state index contributed by atoms with van der Waals surface area (Å²) in [4.78, 5) is 10.6. The fraction of sp³-hybridized carbons (Fsp3) is 0.222. The largest absolute Gasteiger partial charge is 0.281 e. The van der Waals surface area contributed by atoms with E-state index in [0.717, 1.165) is 11.1 Å². The van der Waals surface area contributed by atoms with Gasteiger partial charge in [-0.1, -0.05) is 23.7 Å². The predicted octanol–water partition coefficient (Wildman–Crippen LogP) is 2.96. The Kier molecular flexibility index (Phi) is 3.12. The molecule has 1 rings (SSSR count).